The number of hydrogen-bond acceptors (Lipinski definition) is 5. The lowest BCUT2D eigenvalue weighted by Gasteiger charge is -2.32. The average molecular weight is 317 g/mol. The van der Waals surface area contributed by atoms with Crippen molar-refractivity contribution in [2.24, 2.45) is 0 Å². The fourth-order valence-electron chi connectivity index (χ4n) is 3.22. The molecule has 1 aliphatic carbocycles. The van der Waals surface area contributed by atoms with Gasteiger partial charge in [-0.3, -0.25) is 9.59 Å². The number of anilines is 1. The molecule has 0 bridgehead atoms. The molecule has 0 atom stereocenters. The number of rotatable bonds is 4. The van der Waals surface area contributed by atoms with Crippen molar-refractivity contribution in [3.63, 3.8) is 0 Å². The third kappa shape index (κ3) is 3.78. The third-order valence-corrected chi connectivity index (χ3v) is 4.51. The quantitative estimate of drug-likeness (QED) is 0.840. The summed E-state index contributed by atoms with van der Waals surface area (Å²) in [6.07, 6.45) is 5.63. The summed E-state index contributed by atoms with van der Waals surface area (Å²) in [6, 6.07) is 2.20. The number of carbonyl (C=O) groups excluding carboxylic acids is 2. The first-order chi connectivity index (χ1) is 11.2. The van der Waals surface area contributed by atoms with E-state index in [9.17, 15) is 9.59 Å². The highest BCUT2D eigenvalue weighted by molar-refractivity contribution is 5.93. The molecule has 2 aliphatic rings. The average Bonchev–Trinajstić information content (AvgIpc) is 3.06. The molecule has 0 radical (unpaired) electrons. The second-order valence-electron chi connectivity index (χ2n) is 6.24. The summed E-state index contributed by atoms with van der Waals surface area (Å²) in [5.41, 5.74) is 0.428. The molecular weight excluding hydrogens is 294 g/mol. The van der Waals surface area contributed by atoms with Gasteiger partial charge in [0.15, 0.2) is 0 Å². The van der Waals surface area contributed by atoms with Crippen LogP contribution in [-0.2, 0) is 4.79 Å². The van der Waals surface area contributed by atoms with Crippen LogP contribution in [0.2, 0.25) is 0 Å². The summed E-state index contributed by atoms with van der Waals surface area (Å²) in [5, 5.41) is 3.42. The van der Waals surface area contributed by atoms with Crippen LogP contribution in [0.15, 0.2) is 6.07 Å². The van der Waals surface area contributed by atoms with E-state index in [4.69, 9.17) is 0 Å². The molecule has 7 heteroatoms. The van der Waals surface area contributed by atoms with Gasteiger partial charge in [0.05, 0.1) is 0 Å². The Morgan fingerprint density at radius 3 is 2.57 bits per heavy atom. The van der Waals surface area contributed by atoms with E-state index in [1.54, 1.807) is 22.8 Å². The molecule has 7 nitrogen and oxygen atoms in total. The predicted octanol–water partition coefficient (Wildman–Crippen LogP) is 1.05. The molecule has 0 unspecified atom stereocenters. The Hall–Kier alpha value is -2.18. The fourth-order valence-corrected chi connectivity index (χ4v) is 3.22. The molecule has 124 valence electrons. The summed E-state index contributed by atoms with van der Waals surface area (Å²) >= 11 is 0. The molecule has 0 spiro atoms. The van der Waals surface area contributed by atoms with Gasteiger partial charge in [-0.05, 0) is 19.8 Å². The highest BCUT2D eigenvalue weighted by Crippen LogP contribution is 2.22. The Morgan fingerprint density at radius 1 is 1.22 bits per heavy atom. The van der Waals surface area contributed by atoms with Crippen molar-refractivity contribution >= 4 is 18.1 Å². The third-order valence-electron chi connectivity index (χ3n) is 4.51. The van der Waals surface area contributed by atoms with Crippen LogP contribution in [0.3, 0.4) is 0 Å². The molecule has 2 fully saturated rings. The van der Waals surface area contributed by atoms with Gasteiger partial charge in [-0.1, -0.05) is 12.8 Å². The fraction of sp³-hybridized carbons (Fsp3) is 0.625. The minimum absolute atomic E-state index is 0.0875. The molecule has 2 heterocycles. The lowest BCUT2D eigenvalue weighted by atomic mass is 10.2. The molecule has 1 aromatic rings. The predicted molar refractivity (Wildman–Crippen MR) is 86.2 cm³/mol. The van der Waals surface area contributed by atoms with Crippen molar-refractivity contribution in [1.29, 1.82) is 0 Å². The van der Waals surface area contributed by atoms with Gasteiger partial charge in [0.1, 0.15) is 17.3 Å². The maximum Gasteiger partial charge on any atom is 0.272 e. The molecule has 0 aromatic carbocycles. The number of aryl methyl sites for hydroxylation is 1. The van der Waals surface area contributed by atoms with Crippen molar-refractivity contribution in [2.45, 2.75) is 38.6 Å². The topological polar surface area (TPSA) is 78.4 Å². The standard InChI is InChI=1S/C16H23N5O2/c1-12-17-14(10-15(18-12)19-13-4-2-3-5-13)16(23)21-8-6-20(11-22)7-9-21/h10-11,13H,2-9H2,1H3,(H,17,18,19). The summed E-state index contributed by atoms with van der Waals surface area (Å²) in [7, 11) is 0. The summed E-state index contributed by atoms with van der Waals surface area (Å²) in [5.74, 6) is 1.25. The smallest absolute Gasteiger partial charge is 0.272 e. The van der Waals surface area contributed by atoms with E-state index in [-0.39, 0.29) is 5.91 Å². The molecule has 3 rings (SSSR count). The van der Waals surface area contributed by atoms with Gasteiger partial charge >= 0.3 is 0 Å². The number of nitrogens with one attached hydrogen (secondary N) is 1. The molecule has 1 saturated carbocycles. The highest BCUT2D eigenvalue weighted by Gasteiger charge is 2.23. The Labute approximate surface area is 136 Å². The van der Waals surface area contributed by atoms with Gasteiger partial charge < -0.3 is 15.1 Å². The van der Waals surface area contributed by atoms with Crippen LogP contribution < -0.4 is 5.32 Å². The van der Waals surface area contributed by atoms with Crippen molar-refractivity contribution < 1.29 is 9.59 Å². The van der Waals surface area contributed by atoms with E-state index in [1.165, 1.54) is 12.8 Å². The maximum absolute atomic E-state index is 12.6. The van der Waals surface area contributed by atoms with E-state index in [2.05, 4.69) is 15.3 Å². The molecule has 1 aliphatic heterocycles. The number of hydrogen-bond donors (Lipinski definition) is 1. The van der Waals surface area contributed by atoms with E-state index in [1.807, 2.05) is 0 Å². The van der Waals surface area contributed by atoms with Crippen molar-refractivity contribution in [2.75, 3.05) is 31.5 Å². The molecule has 2 amide bonds. The molecule has 23 heavy (non-hydrogen) atoms. The first kappa shape index (κ1) is 15.7. The second-order valence-corrected chi connectivity index (χ2v) is 6.24. The van der Waals surface area contributed by atoms with E-state index in [0.717, 1.165) is 25.1 Å². The van der Waals surface area contributed by atoms with Gasteiger partial charge in [-0.15, -0.1) is 0 Å². The summed E-state index contributed by atoms with van der Waals surface area (Å²) in [4.78, 5) is 35.5. The van der Waals surface area contributed by atoms with E-state index < -0.39 is 0 Å². The van der Waals surface area contributed by atoms with E-state index in [0.29, 0.717) is 43.7 Å². The first-order valence-electron chi connectivity index (χ1n) is 8.26. The minimum atomic E-state index is -0.0875. The minimum Gasteiger partial charge on any atom is -0.367 e. The van der Waals surface area contributed by atoms with Crippen molar-refractivity contribution in [1.82, 2.24) is 19.8 Å². The summed E-state index contributed by atoms with van der Waals surface area (Å²) in [6.45, 7) is 4.05. The van der Waals surface area contributed by atoms with Gasteiger partial charge in [0.25, 0.3) is 5.91 Å². The Bertz CT molecular complexity index is 578. The number of carbonyl (C=O) groups is 2. The van der Waals surface area contributed by atoms with Crippen LogP contribution in [0.5, 0.6) is 0 Å². The lowest BCUT2D eigenvalue weighted by molar-refractivity contribution is -0.119. The maximum atomic E-state index is 12.6. The van der Waals surface area contributed by atoms with Crippen LogP contribution in [0.4, 0.5) is 5.82 Å². The van der Waals surface area contributed by atoms with Gasteiger partial charge in [0.2, 0.25) is 6.41 Å². The second kappa shape index (κ2) is 6.93. The van der Waals surface area contributed by atoms with Gasteiger partial charge in [0, 0.05) is 38.3 Å². The highest BCUT2D eigenvalue weighted by atomic mass is 16.2. The summed E-state index contributed by atoms with van der Waals surface area (Å²) < 4.78 is 0. The number of aromatic nitrogens is 2. The van der Waals surface area contributed by atoms with Crippen LogP contribution in [0, 0.1) is 6.92 Å². The largest absolute Gasteiger partial charge is 0.367 e. The Balaban J connectivity index is 1.70. The van der Waals surface area contributed by atoms with Crippen molar-refractivity contribution in [3.8, 4) is 0 Å². The zero-order valence-corrected chi connectivity index (χ0v) is 13.5. The number of piperazine rings is 1. The van der Waals surface area contributed by atoms with Gasteiger partial charge in [-0.25, -0.2) is 9.97 Å². The van der Waals surface area contributed by atoms with Crippen LogP contribution in [0.1, 0.15) is 42.0 Å². The van der Waals surface area contributed by atoms with Crippen LogP contribution in [0.25, 0.3) is 0 Å². The normalized spacial score (nSPS) is 19.0. The van der Waals surface area contributed by atoms with Crippen LogP contribution in [-0.4, -0.2) is 64.3 Å². The zero-order valence-electron chi connectivity index (χ0n) is 13.5. The van der Waals surface area contributed by atoms with E-state index >= 15 is 0 Å². The Kier molecular flexibility index (Phi) is 4.73. The molecule has 1 saturated heterocycles. The lowest BCUT2D eigenvalue weighted by Crippen LogP contribution is -2.48. The molecule has 1 N–H and O–H groups in total. The molecule has 1 aromatic heterocycles. The van der Waals surface area contributed by atoms with Crippen molar-refractivity contribution in [3.05, 3.63) is 17.6 Å². The van der Waals surface area contributed by atoms with Crippen LogP contribution >= 0.6 is 0 Å². The zero-order chi connectivity index (χ0) is 16.2. The number of amides is 2. The Morgan fingerprint density at radius 2 is 1.91 bits per heavy atom. The monoisotopic (exact) mass is 317 g/mol. The first-order valence-corrected chi connectivity index (χ1v) is 8.26. The molecular formula is C16H23N5O2. The SMILES string of the molecule is Cc1nc(NC2CCCC2)cc(C(=O)N2CCN(C=O)CC2)n1. The van der Waals surface area contributed by atoms with Gasteiger partial charge in [-0.2, -0.15) is 0 Å². The number of nitrogens with zero attached hydrogens (tertiary/aromatic N) is 4.